The van der Waals surface area contributed by atoms with Gasteiger partial charge in [-0.1, -0.05) is 54.1 Å². The minimum atomic E-state index is -1.17. The van der Waals surface area contributed by atoms with E-state index in [9.17, 15) is 20.0 Å². The van der Waals surface area contributed by atoms with Gasteiger partial charge >= 0.3 is 5.97 Å². The average molecular weight is 409 g/mol. The van der Waals surface area contributed by atoms with E-state index in [0.717, 1.165) is 11.3 Å². The molecule has 7 heteroatoms. The first kappa shape index (κ1) is 19.4. The summed E-state index contributed by atoms with van der Waals surface area (Å²) in [6.45, 7) is 0. The molecule has 1 aromatic heterocycles. The van der Waals surface area contributed by atoms with Crippen molar-refractivity contribution >= 4 is 45.9 Å². The number of nitrogens with zero attached hydrogens (tertiary/aromatic N) is 1. The van der Waals surface area contributed by atoms with E-state index in [0.29, 0.717) is 21.7 Å². The van der Waals surface area contributed by atoms with E-state index < -0.39 is 11.9 Å². The fraction of sp³-hybridized carbons (Fsp3) is 0. The van der Waals surface area contributed by atoms with Gasteiger partial charge in [-0.3, -0.25) is 4.79 Å². The topological polar surface area (TPSA) is 90.2 Å². The predicted molar refractivity (Wildman–Crippen MR) is 110 cm³/mol. The van der Waals surface area contributed by atoms with Crippen LogP contribution >= 0.6 is 22.9 Å². The average Bonchev–Trinajstić information content (AvgIpc) is 3.11. The quantitative estimate of drug-likeness (QED) is 0.442. The molecule has 0 aliphatic carbocycles. The van der Waals surface area contributed by atoms with Gasteiger partial charge in [-0.25, -0.2) is 4.79 Å². The summed E-state index contributed by atoms with van der Waals surface area (Å²) in [4.78, 5) is 24.3. The molecule has 3 aromatic rings. The highest BCUT2D eigenvalue weighted by Crippen LogP contribution is 2.36. The predicted octanol–water partition coefficient (Wildman–Crippen LogP) is 5.31. The lowest BCUT2D eigenvalue weighted by molar-refractivity contribution is -0.112. The molecule has 1 amide bonds. The molecule has 0 aliphatic rings. The van der Waals surface area contributed by atoms with Crippen molar-refractivity contribution in [2.75, 3.05) is 5.32 Å². The Labute approximate surface area is 170 Å². The van der Waals surface area contributed by atoms with Crippen molar-refractivity contribution in [1.29, 1.82) is 5.26 Å². The summed E-state index contributed by atoms with van der Waals surface area (Å²) in [5.74, 6) is -1.84. The number of carboxylic acids is 1. The van der Waals surface area contributed by atoms with Gasteiger partial charge in [0.15, 0.2) is 0 Å². The third-order valence-corrected chi connectivity index (χ3v) is 5.01. The van der Waals surface area contributed by atoms with E-state index in [-0.39, 0.29) is 16.1 Å². The van der Waals surface area contributed by atoms with Crippen molar-refractivity contribution < 1.29 is 14.7 Å². The van der Waals surface area contributed by atoms with Crippen LogP contribution in [-0.2, 0) is 4.79 Å². The number of benzene rings is 2. The second-order valence-corrected chi connectivity index (χ2v) is 7.02. The van der Waals surface area contributed by atoms with Crippen molar-refractivity contribution in [2.24, 2.45) is 0 Å². The summed E-state index contributed by atoms with van der Waals surface area (Å²) >= 11 is 6.97. The molecular formula is C21H13ClN2O3S. The maximum atomic E-state index is 12.5. The number of rotatable bonds is 5. The number of nitrogens with one attached hydrogen (secondary N) is 1. The van der Waals surface area contributed by atoms with Gasteiger partial charge in [-0.15, -0.1) is 11.3 Å². The van der Waals surface area contributed by atoms with E-state index in [4.69, 9.17) is 11.6 Å². The van der Waals surface area contributed by atoms with Crippen LogP contribution in [0.1, 0.15) is 15.9 Å². The van der Waals surface area contributed by atoms with Crippen LogP contribution in [0.15, 0.2) is 65.6 Å². The van der Waals surface area contributed by atoms with Crippen LogP contribution in [0, 0.1) is 11.3 Å². The number of carbonyl (C=O) groups is 2. The summed E-state index contributed by atoms with van der Waals surface area (Å²) in [6.07, 6.45) is 1.45. The Bertz CT molecular complexity index is 1100. The lowest BCUT2D eigenvalue weighted by Gasteiger charge is -2.06. The molecule has 0 saturated carbocycles. The third-order valence-electron chi connectivity index (χ3n) is 3.86. The second-order valence-electron chi connectivity index (χ2n) is 5.70. The summed E-state index contributed by atoms with van der Waals surface area (Å²) in [7, 11) is 0. The number of amides is 1. The zero-order valence-electron chi connectivity index (χ0n) is 14.3. The summed E-state index contributed by atoms with van der Waals surface area (Å²) in [6, 6.07) is 17.5. The van der Waals surface area contributed by atoms with E-state index in [1.54, 1.807) is 53.9 Å². The zero-order chi connectivity index (χ0) is 20.1. The first-order valence-corrected chi connectivity index (χ1v) is 9.34. The molecule has 0 unspecified atom stereocenters. The Hall–Kier alpha value is -3.40. The van der Waals surface area contributed by atoms with Crippen LogP contribution in [0.5, 0.6) is 0 Å². The van der Waals surface area contributed by atoms with Crippen LogP contribution in [-0.4, -0.2) is 17.0 Å². The monoisotopic (exact) mass is 408 g/mol. The number of nitriles is 1. The van der Waals surface area contributed by atoms with Gasteiger partial charge in [0.05, 0.1) is 0 Å². The van der Waals surface area contributed by atoms with Crippen molar-refractivity contribution in [3.05, 3.63) is 81.7 Å². The SMILES string of the molecule is N#CC(=Cc1ccccc1)C(=O)Nc1scc(-c2ccc(Cl)cc2)c1C(=O)O. The lowest BCUT2D eigenvalue weighted by atomic mass is 10.0. The maximum absolute atomic E-state index is 12.5. The summed E-state index contributed by atoms with van der Waals surface area (Å²) < 4.78 is 0. The molecule has 0 spiro atoms. The molecule has 2 aromatic carbocycles. The second kappa shape index (κ2) is 8.53. The highest BCUT2D eigenvalue weighted by atomic mass is 35.5. The Morgan fingerprint density at radius 3 is 2.39 bits per heavy atom. The molecule has 0 fully saturated rings. The molecule has 3 rings (SSSR count). The van der Waals surface area contributed by atoms with Gasteiger partial charge in [0, 0.05) is 16.0 Å². The Morgan fingerprint density at radius 1 is 1.11 bits per heavy atom. The van der Waals surface area contributed by atoms with Crippen LogP contribution in [0.3, 0.4) is 0 Å². The number of thiophene rings is 1. The van der Waals surface area contributed by atoms with E-state index >= 15 is 0 Å². The van der Waals surface area contributed by atoms with Gasteiger partial charge in [-0.05, 0) is 29.3 Å². The zero-order valence-corrected chi connectivity index (χ0v) is 15.9. The van der Waals surface area contributed by atoms with Gasteiger partial charge in [0.25, 0.3) is 5.91 Å². The minimum absolute atomic E-state index is 0.0299. The first-order chi connectivity index (χ1) is 13.5. The van der Waals surface area contributed by atoms with E-state index in [1.807, 2.05) is 12.1 Å². The lowest BCUT2D eigenvalue weighted by Crippen LogP contribution is -2.15. The molecule has 0 bridgehead atoms. The molecule has 5 nitrogen and oxygen atoms in total. The first-order valence-electron chi connectivity index (χ1n) is 8.08. The van der Waals surface area contributed by atoms with Crippen LogP contribution in [0.2, 0.25) is 5.02 Å². The molecule has 28 heavy (non-hydrogen) atoms. The normalized spacial score (nSPS) is 10.9. The number of hydrogen-bond acceptors (Lipinski definition) is 4. The van der Waals surface area contributed by atoms with Gasteiger partial charge < -0.3 is 10.4 Å². The van der Waals surface area contributed by atoms with Crippen LogP contribution in [0.4, 0.5) is 5.00 Å². The molecule has 138 valence electrons. The summed E-state index contributed by atoms with van der Waals surface area (Å²) in [5.41, 5.74) is 1.68. The maximum Gasteiger partial charge on any atom is 0.339 e. The number of hydrogen-bond donors (Lipinski definition) is 2. The third kappa shape index (κ3) is 4.29. The molecule has 1 heterocycles. The van der Waals surface area contributed by atoms with Crippen LogP contribution < -0.4 is 5.32 Å². The Kier molecular flexibility index (Phi) is 5.90. The standard InChI is InChI=1S/C21H13ClN2O3S/c22-16-8-6-14(7-9-16)17-12-28-20(18(17)21(26)27)24-19(25)15(11-23)10-13-4-2-1-3-5-13/h1-10,12H,(H,24,25)(H,26,27). The van der Waals surface area contributed by atoms with Crippen molar-refractivity contribution in [1.82, 2.24) is 0 Å². The van der Waals surface area contributed by atoms with Crippen molar-refractivity contribution in [2.45, 2.75) is 0 Å². The number of carboxylic acid groups (broad SMARTS) is 1. The van der Waals surface area contributed by atoms with Crippen molar-refractivity contribution in [3.63, 3.8) is 0 Å². The molecule has 0 atom stereocenters. The van der Waals surface area contributed by atoms with E-state index in [1.165, 1.54) is 6.08 Å². The fourth-order valence-electron chi connectivity index (χ4n) is 2.54. The molecular weight excluding hydrogens is 396 g/mol. The molecule has 0 saturated heterocycles. The minimum Gasteiger partial charge on any atom is -0.478 e. The largest absolute Gasteiger partial charge is 0.478 e. The highest BCUT2D eigenvalue weighted by Gasteiger charge is 2.22. The Morgan fingerprint density at radius 2 is 1.79 bits per heavy atom. The number of carbonyl (C=O) groups excluding carboxylic acids is 1. The number of halogens is 1. The van der Waals surface area contributed by atoms with Crippen molar-refractivity contribution in [3.8, 4) is 17.2 Å². The van der Waals surface area contributed by atoms with Gasteiger partial charge in [0.2, 0.25) is 0 Å². The van der Waals surface area contributed by atoms with Crippen LogP contribution in [0.25, 0.3) is 17.2 Å². The highest BCUT2D eigenvalue weighted by molar-refractivity contribution is 7.15. The summed E-state index contributed by atoms with van der Waals surface area (Å²) in [5, 5.41) is 23.9. The smallest absolute Gasteiger partial charge is 0.339 e. The number of aromatic carboxylic acids is 1. The van der Waals surface area contributed by atoms with Gasteiger partial charge in [0.1, 0.15) is 22.2 Å². The number of anilines is 1. The Balaban J connectivity index is 1.93. The van der Waals surface area contributed by atoms with Gasteiger partial charge in [-0.2, -0.15) is 5.26 Å². The molecule has 0 radical (unpaired) electrons. The van der Waals surface area contributed by atoms with E-state index in [2.05, 4.69) is 5.32 Å². The fourth-order valence-corrected chi connectivity index (χ4v) is 3.62. The molecule has 2 N–H and O–H groups in total. The molecule has 0 aliphatic heterocycles.